The number of furan rings is 2. The summed E-state index contributed by atoms with van der Waals surface area (Å²) >= 11 is 0. The second kappa shape index (κ2) is 11.3. The Morgan fingerprint density at radius 3 is 1.69 bits per heavy atom. The molecule has 2 heteroatoms. The standard InChI is InChI=1S/C52H32O2/c1-2-14-34-31(12-1)13-11-21-37(34)51-40-19-5-3-17-38(40)50(39-18-4-6-20-41(39)51)33-26-24-32(25-27-33)42-28-45-36-16-8-10-23-48(36)54-52(45)46-30-49-44(29-43(42)46)35-15-7-9-22-47(35)53-49/h1-3,5,7-30H,4,6H2. The van der Waals surface area contributed by atoms with E-state index in [2.05, 4.69) is 152 Å². The minimum atomic E-state index is 0.870. The predicted molar refractivity (Wildman–Crippen MR) is 227 cm³/mol. The Balaban J connectivity index is 1.10. The van der Waals surface area contributed by atoms with Crippen molar-refractivity contribution >= 4 is 88.3 Å². The zero-order chi connectivity index (χ0) is 35.3. The Morgan fingerprint density at radius 1 is 0.333 bits per heavy atom. The smallest absolute Gasteiger partial charge is 0.143 e. The van der Waals surface area contributed by atoms with Crippen molar-refractivity contribution in [2.75, 3.05) is 0 Å². The topological polar surface area (TPSA) is 26.3 Å². The summed E-state index contributed by atoms with van der Waals surface area (Å²) in [6, 6.07) is 57.2. The van der Waals surface area contributed by atoms with Gasteiger partial charge in [0.1, 0.15) is 22.3 Å². The zero-order valence-corrected chi connectivity index (χ0v) is 29.4. The molecule has 252 valence electrons. The first-order valence-electron chi connectivity index (χ1n) is 18.8. The van der Waals surface area contributed by atoms with Crippen molar-refractivity contribution in [2.24, 2.45) is 0 Å². The molecule has 1 aliphatic carbocycles. The van der Waals surface area contributed by atoms with E-state index >= 15 is 0 Å². The van der Waals surface area contributed by atoms with E-state index in [1.54, 1.807) is 0 Å². The molecule has 9 aromatic carbocycles. The Morgan fingerprint density at radius 2 is 0.907 bits per heavy atom. The molecule has 11 aromatic rings. The highest BCUT2D eigenvalue weighted by atomic mass is 16.3. The lowest BCUT2D eigenvalue weighted by Gasteiger charge is -2.19. The van der Waals surface area contributed by atoms with Gasteiger partial charge in [0.25, 0.3) is 0 Å². The summed E-state index contributed by atoms with van der Waals surface area (Å²) in [6.45, 7) is 0. The van der Waals surface area contributed by atoms with Crippen LogP contribution in [0.25, 0.3) is 122 Å². The van der Waals surface area contributed by atoms with Crippen molar-refractivity contribution in [3.8, 4) is 33.4 Å². The number of hydrogen-bond acceptors (Lipinski definition) is 2. The van der Waals surface area contributed by atoms with Crippen LogP contribution < -0.4 is 10.4 Å². The predicted octanol–water partition coefficient (Wildman–Crippen LogP) is 13.3. The molecule has 2 aromatic heterocycles. The Labute approximate surface area is 310 Å². The second-order valence-corrected chi connectivity index (χ2v) is 14.6. The van der Waals surface area contributed by atoms with Gasteiger partial charge in [-0.3, -0.25) is 0 Å². The van der Waals surface area contributed by atoms with Crippen LogP contribution in [0, 0.1) is 0 Å². The Bertz CT molecular complexity index is 3480. The van der Waals surface area contributed by atoms with Crippen LogP contribution in [0.5, 0.6) is 0 Å². The fourth-order valence-corrected chi connectivity index (χ4v) is 9.27. The molecule has 2 nitrogen and oxygen atoms in total. The average Bonchev–Trinajstić information content (AvgIpc) is 3.80. The third-order valence-electron chi connectivity index (χ3n) is 11.7. The molecule has 0 bridgehead atoms. The molecule has 0 saturated heterocycles. The highest BCUT2D eigenvalue weighted by Crippen LogP contribution is 2.43. The molecule has 0 unspecified atom stereocenters. The number of para-hydroxylation sites is 2. The molecule has 0 aliphatic heterocycles. The van der Waals surface area contributed by atoms with Crippen molar-refractivity contribution in [2.45, 2.75) is 12.8 Å². The molecule has 0 N–H and O–H groups in total. The van der Waals surface area contributed by atoms with Gasteiger partial charge in [-0.05, 0) is 114 Å². The van der Waals surface area contributed by atoms with Gasteiger partial charge < -0.3 is 8.83 Å². The minimum Gasteiger partial charge on any atom is -0.456 e. The fourth-order valence-electron chi connectivity index (χ4n) is 9.27. The lowest BCUT2D eigenvalue weighted by Crippen LogP contribution is -2.31. The third-order valence-corrected chi connectivity index (χ3v) is 11.7. The van der Waals surface area contributed by atoms with Crippen LogP contribution in [0.1, 0.15) is 12.8 Å². The summed E-state index contributed by atoms with van der Waals surface area (Å²) < 4.78 is 13.0. The molecule has 2 heterocycles. The average molecular weight is 689 g/mol. The van der Waals surface area contributed by atoms with Crippen LogP contribution in [-0.2, 0) is 0 Å². The third kappa shape index (κ3) is 4.22. The van der Waals surface area contributed by atoms with Gasteiger partial charge in [-0.2, -0.15) is 0 Å². The number of benzene rings is 9. The van der Waals surface area contributed by atoms with E-state index in [-0.39, 0.29) is 0 Å². The first kappa shape index (κ1) is 29.7. The van der Waals surface area contributed by atoms with Gasteiger partial charge in [-0.25, -0.2) is 0 Å². The number of rotatable bonds is 3. The normalized spacial score (nSPS) is 13.0. The quantitative estimate of drug-likeness (QED) is 0.185. The Hall–Kier alpha value is -6.90. The fraction of sp³-hybridized carbons (Fsp3) is 0.0385. The van der Waals surface area contributed by atoms with Gasteiger partial charge in [0, 0.05) is 26.9 Å². The van der Waals surface area contributed by atoms with Gasteiger partial charge in [-0.15, -0.1) is 0 Å². The van der Waals surface area contributed by atoms with Gasteiger partial charge in [-0.1, -0.05) is 140 Å². The van der Waals surface area contributed by atoms with Gasteiger partial charge in [0.05, 0.1) is 0 Å². The van der Waals surface area contributed by atoms with E-state index in [0.29, 0.717) is 0 Å². The first-order valence-corrected chi connectivity index (χ1v) is 18.8. The first-order chi connectivity index (χ1) is 26.8. The van der Waals surface area contributed by atoms with Crippen molar-refractivity contribution in [3.63, 3.8) is 0 Å². The van der Waals surface area contributed by atoms with Crippen LogP contribution in [0.3, 0.4) is 0 Å². The van der Waals surface area contributed by atoms with Crippen LogP contribution >= 0.6 is 0 Å². The molecule has 0 fully saturated rings. The van der Waals surface area contributed by atoms with E-state index < -0.39 is 0 Å². The summed E-state index contributed by atoms with van der Waals surface area (Å²) in [7, 11) is 0. The van der Waals surface area contributed by atoms with Gasteiger partial charge in [0.15, 0.2) is 0 Å². The monoisotopic (exact) mass is 688 g/mol. The molecule has 0 spiro atoms. The van der Waals surface area contributed by atoms with Crippen LogP contribution in [0.2, 0.25) is 0 Å². The Kier molecular flexibility index (Phi) is 6.20. The maximum atomic E-state index is 6.57. The van der Waals surface area contributed by atoms with Crippen LogP contribution in [-0.4, -0.2) is 0 Å². The van der Waals surface area contributed by atoms with E-state index in [4.69, 9.17) is 8.83 Å². The van der Waals surface area contributed by atoms with E-state index in [1.807, 2.05) is 18.2 Å². The summed E-state index contributed by atoms with van der Waals surface area (Å²) in [5.74, 6) is 0. The molecule has 0 atom stereocenters. The van der Waals surface area contributed by atoms with Gasteiger partial charge >= 0.3 is 0 Å². The maximum Gasteiger partial charge on any atom is 0.143 e. The molecule has 12 rings (SSSR count). The highest BCUT2D eigenvalue weighted by molar-refractivity contribution is 6.23. The summed E-state index contributed by atoms with van der Waals surface area (Å²) in [6.07, 6.45) is 7.01. The molecule has 0 radical (unpaired) electrons. The minimum absolute atomic E-state index is 0.870. The lowest BCUT2D eigenvalue weighted by atomic mass is 9.84. The second-order valence-electron chi connectivity index (χ2n) is 14.6. The van der Waals surface area contributed by atoms with Crippen molar-refractivity contribution < 1.29 is 8.83 Å². The lowest BCUT2D eigenvalue weighted by molar-refractivity contribution is 0.667. The van der Waals surface area contributed by atoms with Gasteiger partial charge in [0.2, 0.25) is 0 Å². The SMILES string of the molecule is C1=c2c(-c3ccc(-c4cc5c6ccccc6oc5c5cc6oc7ccccc7c6cc45)cc3)c3ccccc3c(-c3cccc4ccccc34)c2=CCC1. The summed E-state index contributed by atoms with van der Waals surface area (Å²) in [5.41, 5.74) is 11.1. The largest absolute Gasteiger partial charge is 0.456 e. The summed E-state index contributed by atoms with van der Waals surface area (Å²) in [4.78, 5) is 0. The van der Waals surface area contributed by atoms with Crippen molar-refractivity contribution in [1.29, 1.82) is 0 Å². The molecule has 54 heavy (non-hydrogen) atoms. The van der Waals surface area contributed by atoms with E-state index in [0.717, 1.165) is 67.5 Å². The maximum absolute atomic E-state index is 6.57. The highest BCUT2D eigenvalue weighted by Gasteiger charge is 2.20. The molecule has 1 aliphatic rings. The molecular weight excluding hydrogens is 657 g/mol. The molecule has 0 amide bonds. The number of fused-ring (bicyclic) bond motifs is 11. The van der Waals surface area contributed by atoms with Crippen molar-refractivity contribution in [1.82, 2.24) is 0 Å². The van der Waals surface area contributed by atoms with E-state index in [9.17, 15) is 0 Å². The van der Waals surface area contributed by atoms with Crippen LogP contribution in [0.15, 0.2) is 167 Å². The number of hydrogen-bond donors (Lipinski definition) is 0. The molecular formula is C52H32O2. The van der Waals surface area contributed by atoms with Crippen molar-refractivity contribution in [3.05, 3.63) is 168 Å². The van der Waals surface area contributed by atoms with Crippen LogP contribution in [0.4, 0.5) is 0 Å². The zero-order valence-electron chi connectivity index (χ0n) is 29.4. The molecule has 0 saturated carbocycles. The summed E-state index contributed by atoms with van der Waals surface area (Å²) in [5, 5.41) is 14.5. The van der Waals surface area contributed by atoms with E-state index in [1.165, 1.54) is 65.4 Å².